The Hall–Kier alpha value is -0.820. The monoisotopic (exact) mass is 325 g/mol. The number of sulfonamides is 1. The molecule has 0 aliphatic heterocycles. The van der Waals surface area contributed by atoms with Crippen LogP contribution in [0.3, 0.4) is 0 Å². The quantitative estimate of drug-likeness (QED) is 0.788. The van der Waals surface area contributed by atoms with Gasteiger partial charge in [-0.3, -0.25) is 0 Å². The number of carboxylic acid groups (broad SMARTS) is 1. The summed E-state index contributed by atoms with van der Waals surface area (Å²) < 4.78 is 26.4. The summed E-state index contributed by atoms with van der Waals surface area (Å²) in [7, 11) is -3.87. The zero-order valence-electron chi connectivity index (χ0n) is 10.1. The Morgan fingerprint density at radius 3 is 2.53 bits per heavy atom. The van der Waals surface area contributed by atoms with Gasteiger partial charge in [-0.1, -0.05) is 36.5 Å². The fraction of sp³-hybridized carbons (Fsp3) is 0.364. The summed E-state index contributed by atoms with van der Waals surface area (Å²) in [6.07, 6.45) is 1.50. The number of unbranched alkanes of at least 4 members (excludes halogenated alkanes) is 1. The van der Waals surface area contributed by atoms with Crippen molar-refractivity contribution in [3.05, 3.63) is 27.7 Å². The lowest BCUT2D eigenvalue weighted by atomic mass is 10.2. The van der Waals surface area contributed by atoms with Crippen LogP contribution in [0.2, 0.25) is 10.0 Å². The van der Waals surface area contributed by atoms with Crippen molar-refractivity contribution < 1.29 is 18.3 Å². The van der Waals surface area contributed by atoms with Crippen molar-refractivity contribution in [1.82, 2.24) is 4.72 Å². The molecule has 0 saturated carbocycles. The van der Waals surface area contributed by atoms with Crippen molar-refractivity contribution in [2.75, 3.05) is 6.54 Å². The van der Waals surface area contributed by atoms with Crippen molar-refractivity contribution >= 4 is 39.2 Å². The third kappa shape index (κ3) is 4.07. The molecule has 0 heterocycles. The highest BCUT2D eigenvalue weighted by molar-refractivity contribution is 7.89. The fourth-order valence-corrected chi connectivity index (χ4v) is 3.35. The van der Waals surface area contributed by atoms with E-state index in [1.807, 2.05) is 6.92 Å². The van der Waals surface area contributed by atoms with Gasteiger partial charge in [0.1, 0.15) is 4.90 Å². The molecule has 1 aromatic carbocycles. The lowest BCUT2D eigenvalue weighted by molar-refractivity contribution is 0.0697. The van der Waals surface area contributed by atoms with Crippen LogP contribution in [0.4, 0.5) is 0 Å². The maximum atomic E-state index is 12.0. The second-order valence-electron chi connectivity index (χ2n) is 3.82. The van der Waals surface area contributed by atoms with Crippen molar-refractivity contribution in [2.24, 2.45) is 0 Å². The number of carbonyl (C=O) groups is 1. The number of benzene rings is 1. The van der Waals surface area contributed by atoms with Crippen LogP contribution in [-0.2, 0) is 10.0 Å². The van der Waals surface area contributed by atoms with Crippen molar-refractivity contribution in [3.63, 3.8) is 0 Å². The van der Waals surface area contributed by atoms with Gasteiger partial charge in [0, 0.05) is 11.6 Å². The Balaban J connectivity index is 3.23. The topological polar surface area (TPSA) is 83.5 Å². The van der Waals surface area contributed by atoms with Gasteiger partial charge in [0.25, 0.3) is 0 Å². The predicted molar refractivity (Wildman–Crippen MR) is 73.5 cm³/mol. The van der Waals surface area contributed by atoms with Gasteiger partial charge >= 0.3 is 5.97 Å². The molecule has 0 fully saturated rings. The minimum Gasteiger partial charge on any atom is -0.478 e. The first-order valence-corrected chi connectivity index (χ1v) is 7.75. The number of hydrogen-bond acceptors (Lipinski definition) is 3. The first kappa shape index (κ1) is 16.2. The van der Waals surface area contributed by atoms with E-state index < -0.39 is 16.0 Å². The Bertz CT molecular complexity index is 587. The third-order valence-electron chi connectivity index (χ3n) is 2.35. The van der Waals surface area contributed by atoms with Crippen LogP contribution < -0.4 is 4.72 Å². The van der Waals surface area contributed by atoms with Crippen LogP contribution in [0.25, 0.3) is 0 Å². The summed E-state index contributed by atoms with van der Waals surface area (Å²) in [4.78, 5) is 10.6. The van der Waals surface area contributed by atoms with E-state index in [2.05, 4.69) is 4.72 Å². The van der Waals surface area contributed by atoms with Crippen molar-refractivity contribution in [1.29, 1.82) is 0 Å². The highest BCUT2D eigenvalue weighted by Gasteiger charge is 2.23. The summed E-state index contributed by atoms with van der Waals surface area (Å²) in [6.45, 7) is 2.17. The minimum absolute atomic E-state index is 0.00216. The number of hydrogen-bond donors (Lipinski definition) is 2. The van der Waals surface area contributed by atoms with Gasteiger partial charge in [0.05, 0.1) is 10.6 Å². The summed E-state index contributed by atoms with van der Waals surface area (Å²) >= 11 is 11.5. The average Bonchev–Trinajstić information content (AvgIpc) is 2.31. The fourth-order valence-electron chi connectivity index (χ4n) is 1.38. The molecule has 106 valence electrons. The van der Waals surface area contributed by atoms with Crippen molar-refractivity contribution in [2.45, 2.75) is 24.7 Å². The Labute approximate surface area is 121 Å². The zero-order chi connectivity index (χ0) is 14.6. The molecule has 2 N–H and O–H groups in total. The average molecular weight is 326 g/mol. The molecule has 0 aliphatic rings. The molecule has 0 atom stereocenters. The Morgan fingerprint density at radius 2 is 2.00 bits per heavy atom. The lowest BCUT2D eigenvalue weighted by Gasteiger charge is -2.10. The van der Waals surface area contributed by atoms with Crippen LogP contribution in [-0.4, -0.2) is 26.0 Å². The molecule has 0 radical (unpaired) electrons. The molecular formula is C11H13Cl2NO4S. The number of rotatable bonds is 6. The van der Waals surface area contributed by atoms with E-state index in [1.54, 1.807) is 0 Å². The predicted octanol–water partition coefficient (Wildman–Crippen LogP) is 2.77. The molecule has 1 rings (SSSR count). The molecular weight excluding hydrogens is 313 g/mol. The number of halogens is 2. The van der Waals surface area contributed by atoms with Gasteiger partial charge in [-0.15, -0.1) is 0 Å². The maximum Gasteiger partial charge on any atom is 0.337 e. The van der Waals surface area contributed by atoms with E-state index in [4.69, 9.17) is 28.3 Å². The number of carboxylic acids is 1. The van der Waals surface area contributed by atoms with E-state index in [0.29, 0.717) is 6.42 Å². The summed E-state index contributed by atoms with van der Waals surface area (Å²) in [5, 5.41) is 8.59. The van der Waals surface area contributed by atoms with E-state index in [9.17, 15) is 13.2 Å². The van der Waals surface area contributed by atoms with Crippen LogP contribution in [0.15, 0.2) is 17.0 Å². The smallest absolute Gasteiger partial charge is 0.337 e. The molecule has 0 spiro atoms. The molecule has 0 aromatic heterocycles. The molecule has 0 aliphatic carbocycles. The Kier molecular flexibility index (Phi) is 5.61. The molecule has 8 heteroatoms. The van der Waals surface area contributed by atoms with Gasteiger partial charge < -0.3 is 5.11 Å². The first-order valence-electron chi connectivity index (χ1n) is 5.51. The van der Waals surface area contributed by atoms with E-state index in [0.717, 1.165) is 18.6 Å². The molecule has 1 aromatic rings. The molecule has 0 unspecified atom stereocenters. The molecule has 0 amide bonds. The van der Waals surface area contributed by atoms with Gasteiger partial charge in [0.15, 0.2) is 0 Å². The standard InChI is InChI=1S/C11H13Cl2NO4S/c1-2-3-4-14-19(17,18)9-6-7(12)5-8(10(9)13)11(15)16/h5-6,14H,2-4H2,1H3,(H,15,16). The van der Waals surface area contributed by atoms with Crippen LogP contribution >= 0.6 is 23.2 Å². The van der Waals surface area contributed by atoms with Gasteiger partial charge in [0.2, 0.25) is 10.0 Å². The maximum absolute atomic E-state index is 12.0. The molecule has 0 saturated heterocycles. The molecule has 5 nitrogen and oxygen atoms in total. The second kappa shape index (κ2) is 6.56. The summed E-state index contributed by atoms with van der Waals surface area (Å²) in [6, 6.07) is 2.24. The van der Waals surface area contributed by atoms with Crippen LogP contribution in [0, 0.1) is 0 Å². The normalized spacial score (nSPS) is 11.5. The largest absolute Gasteiger partial charge is 0.478 e. The highest BCUT2D eigenvalue weighted by Crippen LogP contribution is 2.29. The van der Waals surface area contributed by atoms with Gasteiger partial charge in [-0.25, -0.2) is 17.9 Å². The minimum atomic E-state index is -3.87. The Morgan fingerprint density at radius 1 is 1.37 bits per heavy atom. The van der Waals surface area contributed by atoms with Gasteiger partial charge in [-0.2, -0.15) is 0 Å². The molecule has 0 bridgehead atoms. The number of aromatic carboxylic acids is 1. The van der Waals surface area contributed by atoms with Crippen LogP contribution in [0.5, 0.6) is 0 Å². The van der Waals surface area contributed by atoms with Crippen molar-refractivity contribution in [3.8, 4) is 0 Å². The first-order chi connectivity index (χ1) is 8.79. The highest BCUT2D eigenvalue weighted by atomic mass is 35.5. The van der Waals surface area contributed by atoms with Crippen LogP contribution in [0.1, 0.15) is 30.1 Å². The number of nitrogens with one attached hydrogen (secondary N) is 1. The summed E-state index contributed by atoms with van der Waals surface area (Å²) in [5.41, 5.74) is -0.343. The van der Waals surface area contributed by atoms with E-state index in [1.165, 1.54) is 0 Å². The molecule has 19 heavy (non-hydrogen) atoms. The van der Waals surface area contributed by atoms with E-state index >= 15 is 0 Å². The summed E-state index contributed by atoms with van der Waals surface area (Å²) in [5.74, 6) is -1.34. The van der Waals surface area contributed by atoms with Gasteiger partial charge in [-0.05, 0) is 18.6 Å². The SMILES string of the molecule is CCCCNS(=O)(=O)c1cc(Cl)cc(C(=O)O)c1Cl. The zero-order valence-corrected chi connectivity index (χ0v) is 12.4. The lowest BCUT2D eigenvalue weighted by Crippen LogP contribution is -2.25. The third-order valence-corrected chi connectivity index (χ3v) is 4.57. The second-order valence-corrected chi connectivity index (χ2v) is 6.37. The van der Waals surface area contributed by atoms with E-state index in [-0.39, 0.29) is 27.0 Å².